The number of anilines is 1. The molecule has 0 aromatic carbocycles. The lowest BCUT2D eigenvalue weighted by Gasteiger charge is -2.38. The molecule has 20 heavy (non-hydrogen) atoms. The average Bonchev–Trinajstić information content (AvgIpc) is 2.46. The Hall–Kier alpha value is -1.85. The molecule has 0 N–H and O–H groups in total. The molecule has 6 heteroatoms. The van der Waals surface area contributed by atoms with Crippen molar-refractivity contribution in [3.05, 3.63) is 18.1 Å². The van der Waals surface area contributed by atoms with E-state index in [2.05, 4.69) is 14.9 Å². The lowest BCUT2D eigenvalue weighted by atomic mass is 10.0. The van der Waals surface area contributed by atoms with Gasteiger partial charge >= 0.3 is 6.03 Å². The molecule has 1 fully saturated rings. The fourth-order valence-electron chi connectivity index (χ4n) is 2.56. The van der Waals surface area contributed by atoms with Crippen molar-refractivity contribution in [2.75, 3.05) is 39.1 Å². The number of aromatic nitrogens is 2. The summed E-state index contributed by atoms with van der Waals surface area (Å²) >= 11 is 0. The van der Waals surface area contributed by atoms with Crippen molar-refractivity contribution in [2.45, 2.75) is 25.8 Å². The Morgan fingerprint density at radius 2 is 1.90 bits per heavy atom. The van der Waals surface area contributed by atoms with E-state index in [0.717, 1.165) is 37.4 Å². The molecule has 0 aliphatic carbocycles. The number of piperidine rings is 1. The third-order valence-corrected chi connectivity index (χ3v) is 3.76. The normalized spacial score (nSPS) is 16.1. The van der Waals surface area contributed by atoms with Crippen molar-refractivity contribution in [1.29, 1.82) is 0 Å². The Bertz CT molecular complexity index is 468. The number of nitrogens with zero attached hydrogens (tertiary/aromatic N) is 5. The quantitative estimate of drug-likeness (QED) is 0.819. The standard InChI is InChI=1S/C14H23N5O/c1-11-9-15-10-13(16-11)19-7-5-12(6-8-19)18(4)14(20)17(2)3/h9-10,12H,5-8H2,1-4H3. The van der Waals surface area contributed by atoms with Crippen molar-refractivity contribution in [3.63, 3.8) is 0 Å². The molecule has 0 atom stereocenters. The zero-order valence-electron chi connectivity index (χ0n) is 12.7. The van der Waals surface area contributed by atoms with Crippen molar-refractivity contribution in [2.24, 2.45) is 0 Å². The summed E-state index contributed by atoms with van der Waals surface area (Å²) < 4.78 is 0. The molecule has 1 saturated heterocycles. The maximum atomic E-state index is 12.0. The van der Waals surface area contributed by atoms with Gasteiger partial charge in [-0.15, -0.1) is 0 Å². The van der Waals surface area contributed by atoms with Crippen LogP contribution >= 0.6 is 0 Å². The van der Waals surface area contributed by atoms with Gasteiger partial charge in [-0.2, -0.15) is 0 Å². The van der Waals surface area contributed by atoms with Crippen molar-refractivity contribution in [3.8, 4) is 0 Å². The predicted octanol–water partition coefficient (Wildman–Crippen LogP) is 1.37. The highest BCUT2D eigenvalue weighted by Gasteiger charge is 2.26. The number of carbonyl (C=O) groups is 1. The first-order valence-electron chi connectivity index (χ1n) is 6.96. The highest BCUT2D eigenvalue weighted by molar-refractivity contribution is 5.73. The van der Waals surface area contributed by atoms with Gasteiger partial charge in [-0.05, 0) is 19.8 Å². The lowest BCUT2D eigenvalue weighted by Crippen LogP contribution is -2.48. The molecule has 2 rings (SSSR count). The smallest absolute Gasteiger partial charge is 0.319 e. The largest absolute Gasteiger partial charge is 0.355 e. The summed E-state index contributed by atoms with van der Waals surface area (Å²) in [7, 11) is 5.46. The molecular formula is C14H23N5O. The maximum Gasteiger partial charge on any atom is 0.319 e. The Labute approximate surface area is 120 Å². The summed E-state index contributed by atoms with van der Waals surface area (Å²) in [6.45, 7) is 3.77. The van der Waals surface area contributed by atoms with Gasteiger partial charge in [-0.3, -0.25) is 4.98 Å². The van der Waals surface area contributed by atoms with Crippen molar-refractivity contribution >= 4 is 11.8 Å². The molecule has 6 nitrogen and oxygen atoms in total. The van der Waals surface area contributed by atoms with E-state index in [1.165, 1.54) is 0 Å². The minimum atomic E-state index is 0.0683. The second-order valence-electron chi connectivity index (χ2n) is 5.52. The van der Waals surface area contributed by atoms with Gasteiger partial charge in [0.1, 0.15) is 5.82 Å². The highest BCUT2D eigenvalue weighted by Crippen LogP contribution is 2.20. The molecule has 2 heterocycles. The van der Waals surface area contributed by atoms with E-state index >= 15 is 0 Å². The fraction of sp³-hybridized carbons (Fsp3) is 0.643. The second-order valence-corrected chi connectivity index (χ2v) is 5.52. The third-order valence-electron chi connectivity index (χ3n) is 3.76. The SMILES string of the molecule is Cc1cncc(N2CCC(N(C)C(=O)N(C)C)CC2)n1. The van der Waals surface area contributed by atoms with Gasteiger partial charge < -0.3 is 14.7 Å². The lowest BCUT2D eigenvalue weighted by molar-refractivity contribution is 0.155. The molecule has 110 valence electrons. The Morgan fingerprint density at radius 1 is 1.25 bits per heavy atom. The zero-order valence-corrected chi connectivity index (χ0v) is 12.7. The minimum absolute atomic E-state index is 0.0683. The van der Waals surface area contributed by atoms with E-state index in [1.54, 1.807) is 25.2 Å². The minimum Gasteiger partial charge on any atom is -0.355 e. The molecule has 1 aromatic heterocycles. The van der Waals surface area contributed by atoms with Gasteiger partial charge in [0.2, 0.25) is 0 Å². The summed E-state index contributed by atoms with van der Waals surface area (Å²) in [5.41, 5.74) is 0.935. The highest BCUT2D eigenvalue weighted by atomic mass is 16.2. The van der Waals surface area contributed by atoms with Gasteiger partial charge in [-0.25, -0.2) is 9.78 Å². The maximum absolute atomic E-state index is 12.0. The van der Waals surface area contributed by atoms with Gasteiger partial charge in [0, 0.05) is 46.5 Å². The first-order chi connectivity index (χ1) is 9.49. The van der Waals surface area contributed by atoms with E-state index in [9.17, 15) is 4.79 Å². The monoisotopic (exact) mass is 277 g/mol. The fourth-order valence-corrected chi connectivity index (χ4v) is 2.56. The summed E-state index contributed by atoms with van der Waals surface area (Å²) in [5.74, 6) is 0.935. The number of urea groups is 1. The average molecular weight is 277 g/mol. The van der Waals surface area contributed by atoms with E-state index in [1.807, 2.05) is 25.1 Å². The van der Waals surface area contributed by atoms with Gasteiger partial charge in [-0.1, -0.05) is 0 Å². The van der Waals surface area contributed by atoms with Crippen molar-refractivity contribution < 1.29 is 4.79 Å². The van der Waals surface area contributed by atoms with Crippen LogP contribution < -0.4 is 4.90 Å². The molecule has 1 aromatic rings. The van der Waals surface area contributed by atoms with Crippen LogP contribution in [0.3, 0.4) is 0 Å². The first-order valence-corrected chi connectivity index (χ1v) is 6.96. The Morgan fingerprint density at radius 3 is 2.45 bits per heavy atom. The van der Waals surface area contributed by atoms with Crippen LogP contribution in [0.2, 0.25) is 0 Å². The molecule has 0 bridgehead atoms. The molecule has 0 unspecified atom stereocenters. The van der Waals surface area contributed by atoms with Gasteiger partial charge in [0.25, 0.3) is 0 Å². The summed E-state index contributed by atoms with van der Waals surface area (Å²) in [5, 5.41) is 0. The Balaban J connectivity index is 1.94. The van der Waals surface area contributed by atoms with Crippen LogP contribution in [-0.2, 0) is 0 Å². The van der Waals surface area contributed by atoms with Crippen LogP contribution in [0.5, 0.6) is 0 Å². The van der Waals surface area contributed by atoms with Crippen LogP contribution in [0.15, 0.2) is 12.4 Å². The zero-order chi connectivity index (χ0) is 14.7. The molecule has 0 spiro atoms. The van der Waals surface area contributed by atoms with Crippen molar-refractivity contribution in [1.82, 2.24) is 19.8 Å². The van der Waals surface area contributed by atoms with Crippen LogP contribution in [-0.4, -0.2) is 66.1 Å². The van der Waals surface area contributed by atoms with E-state index in [4.69, 9.17) is 0 Å². The number of hydrogen-bond acceptors (Lipinski definition) is 4. The second kappa shape index (κ2) is 6.07. The molecule has 2 amide bonds. The summed E-state index contributed by atoms with van der Waals surface area (Å²) in [6.07, 6.45) is 5.50. The molecule has 0 radical (unpaired) electrons. The molecule has 0 saturated carbocycles. The summed E-state index contributed by atoms with van der Waals surface area (Å²) in [4.78, 5) is 26.4. The number of amides is 2. The third kappa shape index (κ3) is 3.18. The summed E-state index contributed by atoms with van der Waals surface area (Å²) in [6, 6.07) is 0.373. The van der Waals surface area contributed by atoms with Crippen LogP contribution in [0.25, 0.3) is 0 Å². The van der Waals surface area contributed by atoms with Crippen LogP contribution in [0.4, 0.5) is 10.6 Å². The Kier molecular flexibility index (Phi) is 4.42. The molecular weight excluding hydrogens is 254 g/mol. The van der Waals surface area contributed by atoms with Crippen LogP contribution in [0, 0.1) is 6.92 Å². The number of hydrogen-bond donors (Lipinski definition) is 0. The van der Waals surface area contributed by atoms with E-state index in [-0.39, 0.29) is 6.03 Å². The van der Waals surface area contributed by atoms with Gasteiger partial charge in [0.15, 0.2) is 0 Å². The number of aryl methyl sites for hydroxylation is 1. The van der Waals surface area contributed by atoms with E-state index < -0.39 is 0 Å². The molecule has 1 aliphatic heterocycles. The van der Waals surface area contributed by atoms with E-state index in [0.29, 0.717) is 6.04 Å². The number of rotatable bonds is 2. The van der Waals surface area contributed by atoms with Crippen LogP contribution in [0.1, 0.15) is 18.5 Å². The topological polar surface area (TPSA) is 52.6 Å². The number of carbonyl (C=O) groups excluding carboxylic acids is 1. The molecule has 1 aliphatic rings. The van der Waals surface area contributed by atoms with Gasteiger partial charge in [0.05, 0.1) is 11.9 Å². The first kappa shape index (κ1) is 14.6. The predicted molar refractivity (Wildman–Crippen MR) is 78.9 cm³/mol.